The zero-order chi connectivity index (χ0) is 21.1. The van der Waals surface area contributed by atoms with E-state index in [0.29, 0.717) is 28.4 Å². The molecule has 29 heavy (non-hydrogen) atoms. The lowest BCUT2D eigenvalue weighted by molar-refractivity contribution is -0.147. The molecule has 1 aromatic carbocycles. The number of benzene rings is 1. The van der Waals surface area contributed by atoms with Crippen LogP contribution in [0.1, 0.15) is 40.9 Å². The van der Waals surface area contributed by atoms with Gasteiger partial charge in [-0.1, -0.05) is 36.6 Å². The van der Waals surface area contributed by atoms with Crippen molar-refractivity contribution in [1.29, 1.82) is 0 Å². The lowest BCUT2D eigenvalue weighted by Gasteiger charge is -2.27. The van der Waals surface area contributed by atoms with Gasteiger partial charge in [0.2, 0.25) is 5.91 Å². The van der Waals surface area contributed by atoms with Gasteiger partial charge >= 0.3 is 11.9 Å². The van der Waals surface area contributed by atoms with Gasteiger partial charge in [0.25, 0.3) is 0 Å². The molecule has 0 radical (unpaired) electrons. The van der Waals surface area contributed by atoms with E-state index in [-0.39, 0.29) is 11.5 Å². The average molecular weight is 436 g/mol. The Hall–Kier alpha value is -2.38. The van der Waals surface area contributed by atoms with Crippen LogP contribution in [0.15, 0.2) is 24.3 Å². The molecule has 2 atom stereocenters. The number of anilines is 1. The fourth-order valence-corrected chi connectivity index (χ4v) is 5.03. The van der Waals surface area contributed by atoms with Gasteiger partial charge < -0.3 is 15.2 Å². The Kier molecular flexibility index (Phi) is 6.59. The van der Waals surface area contributed by atoms with Gasteiger partial charge in [-0.15, -0.1) is 11.3 Å². The maximum atomic E-state index is 12.9. The second kappa shape index (κ2) is 8.97. The van der Waals surface area contributed by atoms with Crippen molar-refractivity contribution in [3.63, 3.8) is 0 Å². The molecule has 6 nitrogen and oxygen atoms in total. The van der Waals surface area contributed by atoms with Crippen molar-refractivity contribution in [3.8, 4) is 11.1 Å². The molecule has 0 unspecified atom stereocenters. The summed E-state index contributed by atoms with van der Waals surface area (Å²) >= 11 is 7.25. The summed E-state index contributed by atoms with van der Waals surface area (Å²) in [6.45, 7) is 1.86. The first kappa shape index (κ1) is 21.3. The van der Waals surface area contributed by atoms with Crippen LogP contribution >= 0.6 is 22.9 Å². The van der Waals surface area contributed by atoms with E-state index in [1.165, 1.54) is 18.4 Å². The maximum Gasteiger partial charge on any atom is 0.341 e. The third-order valence-corrected chi connectivity index (χ3v) is 6.54. The molecule has 1 heterocycles. The number of methoxy groups -OCH3 is 1. The number of carboxylic acids is 1. The first-order chi connectivity index (χ1) is 13.8. The number of nitrogens with one attached hydrogen (secondary N) is 1. The van der Waals surface area contributed by atoms with Gasteiger partial charge in [-0.25, -0.2) is 4.79 Å². The largest absolute Gasteiger partial charge is 0.481 e. The summed E-state index contributed by atoms with van der Waals surface area (Å²) < 4.78 is 4.96. The second-order valence-corrected chi connectivity index (χ2v) is 8.72. The van der Waals surface area contributed by atoms with Gasteiger partial charge in [-0.05, 0) is 37.5 Å². The Balaban J connectivity index is 1.98. The molecule has 2 aromatic rings. The smallest absolute Gasteiger partial charge is 0.341 e. The SMILES string of the molecule is COC(=O)c1c(NC(=O)[C@H]2CCCC[C@H]2C(=O)O)sc(C)c1-c1ccc(Cl)cc1. The van der Waals surface area contributed by atoms with E-state index < -0.39 is 23.8 Å². The minimum Gasteiger partial charge on any atom is -0.481 e. The lowest BCUT2D eigenvalue weighted by atomic mass is 9.78. The molecule has 1 aromatic heterocycles. The Morgan fingerprint density at radius 3 is 2.34 bits per heavy atom. The van der Waals surface area contributed by atoms with Crippen LogP contribution in [0.25, 0.3) is 11.1 Å². The number of aryl methyl sites for hydroxylation is 1. The number of rotatable bonds is 5. The van der Waals surface area contributed by atoms with E-state index in [1.807, 2.05) is 6.92 Å². The highest BCUT2D eigenvalue weighted by molar-refractivity contribution is 7.17. The molecule has 0 aliphatic heterocycles. The molecule has 0 bridgehead atoms. The zero-order valence-electron chi connectivity index (χ0n) is 16.2. The van der Waals surface area contributed by atoms with Crippen molar-refractivity contribution < 1.29 is 24.2 Å². The van der Waals surface area contributed by atoms with Crippen molar-refractivity contribution in [3.05, 3.63) is 39.7 Å². The molecule has 1 saturated carbocycles. The molecular formula is C21H22ClNO5S. The van der Waals surface area contributed by atoms with Crippen LogP contribution in [-0.4, -0.2) is 30.1 Å². The Morgan fingerprint density at radius 2 is 1.76 bits per heavy atom. The number of esters is 1. The Labute approximate surface area is 177 Å². The molecule has 1 aliphatic carbocycles. The molecule has 1 aliphatic rings. The lowest BCUT2D eigenvalue weighted by Crippen LogP contribution is -2.36. The van der Waals surface area contributed by atoms with E-state index in [2.05, 4.69) is 5.32 Å². The van der Waals surface area contributed by atoms with Crippen molar-refractivity contribution in [1.82, 2.24) is 0 Å². The molecular weight excluding hydrogens is 414 g/mol. The highest BCUT2D eigenvalue weighted by atomic mass is 35.5. The number of thiophene rings is 1. The minimum atomic E-state index is -0.956. The first-order valence-corrected chi connectivity index (χ1v) is 10.5. The predicted octanol–water partition coefficient (Wildman–Crippen LogP) is 4.99. The summed E-state index contributed by atoms with van der Waals surface area (Å²) in [5.41, 5.74) is 1.73. The quantitative estimate of drug-likeness (QED) is 0.645. The first-order valence-electron chi connectivity index (χ1n) is 9.34. The van der Waals surface area contributed by atoms with Crippen LogP contribution in [0.5, 0.6) is 0 Å². The maximum absolute atomic E-state index is 12.9. The van der Waals surface area contributed by atoms with Crippen molar-refractivity contribution >= 4 is 45.8 Å². The van der Waals surface area contributed by atoms with E-state index in [9.17, 15) is 19.5 Å². The molecule has 1 fully saturated rings. The highest BCUT2D eigenvalue weighted by Crippen LogP contribution is 2.41. The van der Waals surface area contributed by atoms with Crippen LogP contribution in [0, 0.1) is 18.8 Å². The highest BCUT2D eigenvalue weighted by Gasteiger charge is 2.36. The van der Waals surface area contributed by atoms with Crippen LogP contribution in [-0.2, 0) is 14.3 Å². The standard InChI is InChI=1S/C21H22ClNO5S/c1-11-16(12-7-9-13(22)10-8-12)17(21(27)28-2)19(29-11)23-18(24)14-5-3-4-6-15(14)20(25)26/h7-10,14-15H,3-6H2,1-2H3,(H,23,24)(H,25,26)/t14-,15+/m0/s1. The topological polar surface area (TPSA) is 92.7 Å². The summed E-state index contributed by atoms with van der Waals surface area (Å²) in [4.78, 5) is 37.8. The number of carbonyl (C=O) groups is 3. The minimum absolute atomic E-state index is 0.272. The summed E-state index contributed by atoms with van der Waals surface area (Å²) in [5, 5.41) is 13.2. The zero-order valence-corrected chi connectivity index (χ0v) is 17.7. The number of aliphatic carboxylic acids is 1. The second-order valence-electron chi connectivity index (χ2n) is 7.06. The predicted molar refractivity (Wildman–Crippen MR) is 113 cm³/mol. The van der Waals surface area contributed by atoms with Crippen LogP contribution in [0.2, 0.25) is 5.02 Å². The molecule has 1 amide bonds. The van der Waals surface area contributed by atoms with E-state index in [0.717, 1.165) is 23.3 Å². The van der Waals surface area contributed by atoms with Crippen molar-refractivity contribution in [2.75, 3.05) is 12.4 Å². The van der Waals surface area contributed by atoms with E-state index in [4.69, 9.17) is 16.3 Å². The summed E-state index contributed by atoms with van der Waals surface area (Å²) in [7, 11) is 1.29. The number of hydrogen-bond donors (Lipinski definition) is 2. The monoisotopic (exact) mass is 435 g/mol. The van der Waals surface area contributed by atoms with E-state index >= 15 is 0 Å². The molecule has 3 rings (SSSR count). The number of halogens is 1. The summed E-state index contributed by atoms with van der Waals surface area (Å²) in [5.74, 6) is -3.21. The van der Waals surface area contributed by atoms with Crippen LogP contribution < -0.4 is 5.32 Å². The Bertz CT molecular complexity index is 937. The van der Waals surface area contributed by atoms with Gasteiger partial charge in [-0.3, -0.25) is 9.59 Å². The normalized spacial score (nSPS) is 18.9. The molecule has 2 N–H and O–H groups in total. The van der Waals surface area contributed by atoms with Crippen LogP contribution in [0.4, 0.5) is 5.00 Å². The van der Waals surface area contributed by atoms with Gasteiger partial charge in [-0.2, -0.15) is 0 Å². The number of hydrogen-bond acceptors (Lipinski definition) is 5. The van der Waals surface area contributed by atoms with Gasteiger partial charge in [0, 0.05) is 15.5 Å². The number of amides is 1. The van der Waals surface area contributed by atoms with Crippen molar-refractivity contribution in [2.24, 2.45) is 11.8 Å². The van der Waals surface area contributed by atoms with Gasteiger partial charge in [0.1, 0.15) is 10.6 Å². The fourth-order valence-electron chi connectivity index (χ4n) is 3.84. The van der Waals surface area contributed by atoms with Crippen molar-refractivity contribution in [2.45, 2.75) is 32.6 Å². The number of ether oxygens (including phenoxy) is 1. The third kappa shape index (κ3) is 4.46. The molecule has 0 saturated heterocycles. The van der Waals surface area contributed by atoms with Gasteiger partial charge in [0.05, 0.1) is 18.9 Å². The third-order valence-electron chi connectivity index (χ3n) is 5.26. The van der Waals surface area contributed by atoms with Crippen LogP contribution in [0.3, 0.4) is 0 Å². The summed E-state index contributed by atoms with van der Waals surface area (Å²) in [6, 6.07) is 7.06. The number of carboxylic acid groups (broad SMARTS) is 1. The number of carbonyl (C=O) groups excluding carboxylic acids is 2. The van der Waals surface area contributed by atoms with Gasteiger partial charge in [0.15, 0.2) is 0 Å². The Morgan fingerprint density at radius 1 is 1.14 bits per heavy atom. The van der Waals surface area contributed by atoms with E-state index in [1.54, 1.807) is 24.3 Å². The molecule has 0 spiro atoms. The molecule has 154 valence electrons. The summed E-state index contributed by atoms with van der Waals surface area (Å²) in [6.07, 6.45) is 2.61. The average Bonchev–Trinajstić information content (AvgIpc) is 3.03. The molecule has 8 heteroatoms. The fraction of sp³-hybridized carbons (Fsp3) is 0.381.